The molecule has 1 N–H and O–H groups in total. The maximum atomic E-state index is 4.48. The normalized spacial score (nSPS) is 12.2. The van der Waals surface area contributed by atoms with Gasteiger partial charge in [-0.25, -0.2) is 4.98 Å². The highest BCUT2D eigenvalue weighted by atomic mass is 15.0. The molecule has 0 aliphatic heterocycles. The molecule has 2 rings (SSSR count). The number of aryl methyl sites for hydroxylation is 3. The van der Waals surface area contributed by atoms with Gasteiger partial charge in [0.1, 0.15) is 5.82 Å². The summed E-state index contributed by atoms with van der Waals surface area (Å²) in [7, 11) is 0. The highest BCUT2D eigenvalue weighted by Crippen LogP contribution is 2.17. The number of rotatable bonds is 4. The van der Waals surface area contributed by atoms with Gasteiger partial charge >= 0.3 is 0 Å². The number of hydrogen-bond acceptors (Lipinski definition) is 3. The second-order valence-corrected chi connectivity index (χ2v) is 5.14. The predicted molar refractivity (Wildman–Crippen MR) is 79.6 cm³/mol. The summed E-state index contributed by atoms with van der Waals surface area (Å²) in [6.45, 7) is 9.13. The van der Waals surface area contributed by atoms with E-state index in [2.05, 4.69) is 53.4 Å². The zero-order valence-electron chi connectivity index (χ0n) is 12.1. The van der Waals surface area contributed by atoms with Crippen LogP contribution in [-0.2, 0) is 0 Å². The summed E-state index contributed by atoms with van der Waals surface area (Å²) >= 11 is 0. The van der Waals surface area contributed by atoms with Gasteiger partial charge in [0.05, 0.1) is 11.4 Å². The highest BCUT2D eigenvalue weighted by Gasteiger charge is 2.07. The molecule has 0 aliphatic carbocycles. The lowest BCUT2D eigenvalue weighted by Crippen LogP contribution is -2.12. The van der Waals surface area contributed by atoms with Crippen molar-refractivity contribution in [3.8, 4) is 0 Å². The predicted octanol–water partition coefficient (Wildman–Crippen LogP) is 3.62. The summed E-state index contributed by atoms with van der Waals surface area (Å²) < 4.78 is 0. The van der Waals surface area contributed by atoms with Gasteiger partial charge in [0, 0.05) is 12.7 Å². The Labute approximate surface area is 115 Å². The molecule has 1 unspecified atom stereocenters. The van der Waals surface area contributed by atoms with E-state index < -0.39 is 0 Å². The maximum absolute atomic E-state index is 4.48. The molecule has 2 aromatic rings. The Balaban J connectivity index is 2.02. The molecule has 0 spiro atoms. The summed E-state index contributed by atoms with van der Waals surface area (Å²) in [5.41, 5.74) is 4.53. The van der Waals surface area contributed by atoms with Crippen LogP contribution in [-0.4, -0.2) is 16.5 Å². The minimum atomic E-state index is 0.447. The van der Waals surface area contributed by atoms with Gasteiger partial charge in [0.2, 0.25) is 0 Å². The third-order valence-corrected chi connectivity index (χ3v) is 3.30. The van der Waals surface area contributed by atoms with Crippen molar-refractivity contribution in [3.63, 3.8) is 0 Å². The summed E-state index contributed by atoms with van der Waals surface area (Å²) in [5, 5.41) is 3.39. The monoisotopic (exact) mass is 255 g/mol. The number of nitrogens with zero attached hydrogens (tertiary/aromatic N) is 2. The Morgan fingerprint density at radius 2 is 1.79 bits per heavy atom. The third kappa shape index (κ3) is 3.53. The van der Waals surface area contributed by atoms with Crippen LogP contribution >= 0.6 is 0 Å². The fraction of sp³-hybridized carbons (Fsp3) is 0.375. The van der Waals surface area contributed by atoms with Crippen molar-refractivity contribution in [2.75, 3.05) is 11.9 Å². The van der Waals surface area contributed by atoms with E-state index in [4.69, 9.17) is 0 Å². The van der Waals surface area contributed by atoms with E-state index in [0.717, 1.165) is 23.8 Å². The van der Waals surface area contributed by atoms with Crippen LogP contribution in [0.4, 0.5) is 5.82 Å². The quantitative estimate of drug-likeness (QED) is 0.906. The van der Waals surface area contributed by atoms with Crippen molar-refractivity contribution in [3.05, 3.63) is 53.0 Å². The van der Waals surface area contributed by atoms with Crippen molar-refractivity contribution in [2.45, 2.75) is 33.6 Å². The molecular formula is C16H21N3. The summed E-state index contributed by atoms with van der Waals surface area (Å²) in [6.07, 6.45) is 1.80. The van der Waals surface area contributed by atoms with Crippen molar-refractivity contribution < 1.29 is 0 Å². The van der Waals surface area contributed by atoms with Crippen LogP contribution in [0.15, 0.2) is 30.5 Å². The molecule has 19 heavy (non-hydrogen) atoms. The van der Waals surface area contributed by atoms with E-state index in [1.54, 1.807) is 6.20 Å². The van der Waals surface area contributed by atoms with Crippen LogP contribution in [0.3, 0.4) is 0 Å². The lowest BCUT2D eigenvalue weighted by Gasteiger charge is -2.15. The zero-order valence-corrected chi connectivity index (χ0v) is 12.1. The molecule has 1 heterocycles. The van der Waals surface area contributed by atoms with Gasteiger partial charge < -0.3 is 5.32 Å². The van der Waals surface area contributed by atoms with Gasteiger partial charge in [-0.05, 0) is 32.3 Å². The van der Waals surface area contributed by atoms with E-state index in [0.29, 0.717) is 5.92 Å². The first-order chi connectivity index (χ1) is 9.06. The van der Waals surface area contributed by atoms with Gasteiger partial charge in [-0.3, -0.25) is 4.98 Å². The van der Waals surface area contributed by atoms with Crippen LogP contribution in [0.1, 0.15) is 35.4 Å². The van der Waals surface area contributed by atoms with Gasteiger partial charge in [-0.1, -0.05) is 36.8 Å². The first-order valence-corrected chi connectivity index (χ1v) is 6.67. The Morgan fingerprint density at radius 1 is 1.11 bits per heavy atom. The van der Waals surface area contributed by atoms with E-state index in [9.17, 15) is 0 Å². The molecule has 0 bridgehead atoms. The SMILES string of the molecule is Cc1ccc(C(C)CNc2nc(C)cnc2C)cc1. The van der Waals surface area contributed by atoms with Gasteiger partial charge in [-0.15, -0.1) is 0 Å². The fourth-order valence-electron chi connectivity index (χ4n) is 1.97. The largest absolute Gasteiger partial charge is 0.368 e. The van der Waals surface area contributed by atoms with Crippen molar-refractivity contribution in [1.82, 2.24) is 9.97 Å². The fourth-order valence-corrected chi connectivity index (χ4v) is 1.97. The highest BCUT2D eigenvalue weighted by molar-refractivity contribution is 5.40. The van der Waals surface area contributed by atoms with E-state index >= 15 is 0 Å². The Bertz CT molecular complexity index is 546. The van der Waals surface area contributed by atoms with Crippen molar-refractivity contribution >= 4 is 5.82 Å². The lowest BCUT2D eigenvalue weighted by molar-refractivity contribution is 0.797. The number of benzene rings is 1. The summed E-state index contributed by atoms with van der Waals surface area (Å²) in [4.78, 5) is 8.79. The molecule has 1 aromatic carbocycles. The van der Waals surface area contributed by atoms with Gasteiger partial charge in [0.15, 0.2) is 0 Å². The molecule has 0 saturated carbocycles. The average Bonchev–Trinajstić information content (AvgIpc) is 2.40. The van der Waals surface area contributed by atoms with Crippen LogP contribution < -0.4 is 5.32 Å². The minimum absolute atomic E-state index is 0.447. The van der Waals surface area contributed by atoms with Crippen LogP contribution in [0.2, 0.25) is 0 Å². The Morgan fingerprint density at radius 3 is 2.47 bits per heavy atom. The average molecular weight is 255 g/mol. The molecule has 0 amide bonds. The van der Waals surface area contributed by atoms with E-state index in [1.807, 2.05) is 13.8 Å². The van der Waals surface area contributed by atoms with Crippen LogP contribution in [0.5, 0.6) is 0 Å². The smallest absolute Gasteiger partial charge is 0.147 e. The standard InChI is InChI=1S/C16H21N3/c1-11-5-7-15(8-6-11)12(2)9-18-16-14(4)17-10-13(3)19-16/h5-8,10,12H,9H2,1-4H3,(H,18,19). The first-order valence-electron chi connectivity index (χ1n) is 6.67. The second-order valence-electron chi connectivity index (χ2n) is 5.14. The number of anilines is 1. The lowest BCUT2D eigenvalue weighted by atomic mass is 10.00. The zero-order chi connectivity index (χ0) is 13.8. The van der Waals surface area contributed by atoms with Crippen LogP contribution in [0, 0.1) is 20.8 Å². The van der Waals surface area contributed by atoms with E-state index in [-0.39, 0.29) is 0 Å². The third-order valence-electron chi connectivity index (χ3n) is 3.30. The topological polar surface area (TPSA) is 37.8 Å². The van der Waals surface area contributed by atoms with Gasteiger partial charge in [0.25, 0.3) is 0 Å². The second kappa shape index (κ2) is 5.83. The number of hydrogen-bond donors (Lipinski definition) is 1. The number of aromatic nitrogens is 2. The summed E-state index contributed by atoms with van der Waals surface area (Å²) in [5.74, 6) is 1.33. The molecule has 1 aromatic heterocycles. The van der Waals surface area contributed by atoms with Crippen molar-refractivity contribution in [2.24, 2.45) is 0 Å². The molecule has 0 radical (unpaired) electrons. The molecule has 1 atom stereocenters. The number of nitrogens with one attached hydrogen (secondary N) is 1. The molecule has 3 nitrogen and oxygen atoms in total. The van der Waals surface area contributed by atoms with Crippen molar-refractivity contribution in [1.29, 1.82) is 0 Å². The molecular weight excluding hydrogens is 234 g/mol. The summed E-state index contributed by atoms with van der Waals surface area (Å²) in [6, 6.07) is 8.69. The molecule has 0 fully saturated rings. The Hall–Kier alpha value is -1.90. The Kier molecular flexibility index (Phi) is 4.15. The molecule has 0 saturated heterocycles. The molecule has 3 heteroatoms. The van der Waals surface area contributed by atoms with Gasteiger partial charge in [-0.2, -0.15) is 0 Å². The first kappa shape index (κ1) is 13.5. The molecule has 0 aliphatic rings. The van der Waals surface area contributed by atoms with E-state index in [1.165, 1.54) is 11.1 Å². The molecule has 100 valence electrons. The minimum Gasteiger partial charge on any atom is -0.368 e. The maximum Gasteiger partial charge on any atom is 0.147 e. The van der Waals surface area contributed by atoms with Crippen LogP contribution in [0.25, 0.3) is 0 Å².